The number of fused-ring (bicyclic) bond motifs is 1. The molecule has 1 aromatic rings. The maximum absolute atomic E-state index is 9.27. The van der Waals surface area contributed by atoms with Gasteiger partial charge in [-0.1, -0.05) is 0 Å². The van der Waals surface area contributed by atoms with Gasteiger partial charge in [-0.2, -0.15) is 0 Å². The Kier molecular flexibility index (Phi) is 3.15. The topological polar surface area (TPSA) is 50.7 Å². The first-order valence-corrected chi connectivity index (χ1v) is 5.81. The minimum Gasteiger partial charge on any atom is -0.486 e. The summed E-state index contributed by atoms with van der Waals surface area (Å²) in [6, 6.07) is 3.89. The highest BCUT2D eigenvalue weighted by molar-refractivity contribution is 5.61. The Hall–Kier alpha value is -1.42. The summed E-state index contributed by atoms with van der Waals surface area (Å²) >= 11 is 0. The fourth-order valence-electron chi connectivity index (χ4n) is 1.73. The van der Waals surface area contributed by atoms with E-state index < -0.39 is 0 Å². The smallest absolute Gasteiger partial charge is 0.163 e. The van der Waals surface area contributed by atoms with E-state index in [-0.39, 0.29) is 12.1 Å². The molecule has 1 aliphatic rings. The first-order chi connectivity index (χ1) is 8.02. The summed E-state index contributed by atoms with van der Waals surface area (Å²) < 4.78 is 11.1. The maximum atomic E-state index is 9.27. The van der Waals surface area contributed by atoms with Gasteiger partial charge in [0, 0.05) is 11.8 Å². The normalized spacial score (nSPS) is 14.6. The van der Waals surface area contributed by atoms with Gasteiger partial charge in [0.1, 0.15) is 13.2 Å². The largest absolute Gasteiger partial charge is 0.486 e. The van der Waals surface area contributed by atoms with Crippen LogP contribution in [0.2, 0.25) is 0 Å². The SMILES string of the molecule is Cc1cc2c(cc1NC(C)(C)CO)OCCO2. The third-order valence-electron chi connectivity index (χ3n) is 2.76. The lowest BCUT2D eigenvalue weighted by Gasteiger charge is -2.27. The third-order valence-corrected chi connectivity index (χ3v) is 2.76. The van der Waals surface area contributed by atoms with Crippen molar-refractivity contribution >= 4 is 5.69 Å². The second-order valence-electron chi connectivity index (χ2n) is 4.98. The fourth-order valence-corrected chi connectivity index (χ4v) is 1.73. The van der Waals surface area contributed by atoms with Gasteiger partial charge in [-0.3, -0.25) is 0 Å². The summed E-state index contributed by atoms with van der Waals surface area (Å²) in [7, 11) is 0. The van der Waals surface area contributed by atoms with Gasteiger partial charge in [-0.15, -0.1) is 0 Å². The first kappa shape index (κ1) is 12.0. The lowest BCUT2D eigenvalue weighted by Crippen LogP contribution is -2.35. The Morgan fingerprint density at radius 1 is 1.24 bits per heavy atom. The van der Waals surface area contributed by atoms with Crippen LogP contribution in [0.3, 0.4) is 0 Å². The summed E-state index contributed by atoms with van der Waals surface area (Å²) in [5.41, 5.74) is 1.69. The highest BCUT2D eigenvalue weighted by Crippen LogP contribution is 2.36. The second kappa shape index (κ2) is 4.45. The molecule has 4 heteroatoms. The van der Waals surface area contributed by atoms with Crippen LogP contribution >= 0.6 is 0 Å². The molecular weight excluding hydrogens is 218 g/mol. The second-order valence-corrected chi connectivity index (χ2v) is 4.98. The van der Waals surface area contributed by atoms with E-state index in [9.17, 15) is 5.11 Å². The van der Waals surface area contributed by atoms with Crippen LogP contribution in [0.1, 0.15) is 19.4 Å². The van der Waals surface area contributed by atoms with Crippen LogP contribution in [0.4, 0.5) is 5.69 Å². The number of nitrogens with one attached hydrogen (secondary N) is 1. The van der Waals surface area contributed by atoms with Crippen LogP contribution in [0.15, 0.2) is 12.1 Å². The van der Waals surface area contributed by atoms with Crippen molar-refractivity contribution in [1.82, 2.24) is 0 Å². The molecule has 94 valence electrons. The Labute approximate surface area is 102 Å². The van der Waals surface area contributed by atoms with E-state index in [0.29, 0.717) is 13.2 Å². The number of anilines is 1. The van der Waals surface area contributed by atoms with Gasteiger partial charge < -0.3 is 19.9 Å². The molecule has 0 atom stereocenters. The molecule has 0 radical (unpaired) electrons. The zero-order valence-electron chi connectivity index (χ0n) is 10.5. The summed E-state index contributed by atoms with van der Waals surface area (Å²) in [4.78, 5) is 0. The molecule has 1 heterocycles. The highest BCUT2D eigenvalue weighted by atomic mass is 16.6. The minimum atomic E-state index is -0.353. The van der Waals surface area contributed by atoms with E-state index in [2.05, 4.69) is 5.32 Å². The zero-order valence-corrected chi connectivity index (χ0v) is 10.5. The molecule has 4 nitrogen and oxygen atoms in total. The van der Waals surface area contributed by atoms with Crippen molar-refractivity contribution in [3.8, 4) is 11.5 Å². The summed E-state index contributed by atoms with van der Waals surface area (Å²) in [6.45, 7) is 7.15. The van der Waals surface area contributed by atoms with E-state index in [1.807, 2.05) is 32.9 Å². The molecule has 0 spiro atoms. The molecule has 1 aliphatic heterocycles. The Balaban J connectivity index is 2.29. The van der Waals surface area contributed by atoms with Crippen molar-refractivity contribution in [2.45, 2.75) is 26.3 Å². The van der Waals surface area contributed by atoms with E-state index in [4.69, 9.17) is 9.47 Å². The number of aliphatic hydroxyl groups excluding tert-OH is 1. The standard InChI is InChI=1S/C13H19NO3/c1-9-6-11-12(17-5-4-16-11)7-10(9)14-13(2,3)8-15/h6-7,14-15H,4-5,8H2,1-3H3. The summed E-state index contributed by atoms with van der Waals surface area (Å²) in [5.74, 6) is 1.55. The molecule has 0 saturated heterocycles. The Bertz CT molecular complexity index is 415. The molecule has 0 aliphatic carbocycles. The Morgan fingerprint density at radius 2 is 1.82 bits per heavy atom. The maximum Gasteiger partial charge on any atom is 0.163 e. The predicted molar refractivity (Wildman–Crippen MR) is 67.0 cm³/mol. The van der Waals surface area contributed by atoms with E-state index in [1.54, 1.807) is 0 Å². The van der Waals surface area contributed by atoms with Crippen molar-refractivity contribution in [2.75, 3.05) is 25.1 Å². The molecule has 0 amide bonds. The van der Waals surface area contributed by atoms with Crippen molar-refractivity contribution in [3.63, 3.8) is 0 Å². The average Bonchev–Trinajstić information content (AvgIpc) is 2.30. The fraction of sp³-hybridized carbons (Fsp3) is 0.538. The third kappa shape index (κ3) is 2.64. The quantitative estimate of drug-likeness (QED) is 0.843. The van der Waals surface area contributed by atoms with Gasteiger partial charge in [-0.25, -0.2) is 0 Å². The number of hydrogen-bond donors (Lipinski definition) is 2. The van der Waals surface area contributed by atoms with Crippen LogP contribution in [-0.4, -0.2) is 30.5 Å². The van der Waals surface area contributed by atoms with Gasteiger partial charge in [0.15, 0.2) is 11.5 Å². The first-order valence-electron chi connectivity index (χ1n) is 5.81. The highest BCUT2D eigenvalue weighted by Gasteiger charge is 2.19. The van der Waals surface area contributed by atoms with Gasteiger partial charge >= 0.3 is 0 Å². The molecule has 0 fully saturated rings. The van der Waals surface area contributed by atoms with Crippen LogP contribution in [0.5, 0.6) is 11.5 Å². The van der Waals surface area contributed by atoms with Crippen LogP contribution in [0, 0.1) is 6.92 Å². The summed E-state index contributed by atoms with van der Waals surface area (Å²) in [6.07, 6.45) is 0. The van der Waals surface area contributed by atoms with Crippen LogP contribution in [-0.2, 0) is 0 Å². The lowest BCUT2D eigenvalue weighted by molar-refractivity contribution is 0.171. The van der Waals surface area contributed by atoms with E-state index >= 15 is 0 Å². The van der Waals surface area contributed by atoms with Gasteiger partial charge in [0.05, 0.1) is 12.1 Å². The number of benzene rings is 1. The molecule has 2 N–H and O–H groups in total. The average molecular weight is 237 g/mol. The van der Waals surface area contributed by atoms with E-state index in [0.717, 1.165) is 22.7 Å². The van der Waals surface area contributed by atoms with Crippen molar-refractivity contribution < 1.29 is 14.6 Å². The molecule has 0 bridgehead atoms. The molecular formula is C13H19NO3. The number of hydrogen-bond acceptors (Lipinski definition) is 4. The van der Waals surface area contributed by atoms with Crippen LogP contribution < -0.4 is 14.8 Å². The molecule has 1 aromatic carbocycles. The molecule has 0 unspecified atom stereocenters. The summed E-state index contributed by atoms with van der Waals surface area (Å²) in [5, 5.41) is 12.6. The Morgan fingerprint density at radius 3 is 2.41 bits per heavy atom. The molecule has 17 heavy (non-hydrogen) atoms. The number of aliphatic hydroxyl groups is 1. The monoisotopic (exact) mass is 237 g/mol. The van der Waals surface area contributed by atoms with E-state index in [1.165, 1.54) is 0 Å². The molecule has 0 saturated carbocycles. The number of rotatable bonds is 3. The van der Waals surface area contributed by atoms with Crippen molar-refractivity contribution in [1.29, 1.82) is 0 Å². The number of ether oxygens (including phenoxy) is 2. The van der Waals surface area contributed by atoms with Crippen molar-refractivity contribution in [2.24, 2.45) is 0 Å². The minimum absolute atomic E-state index is 0.0703. The van der Waals surface area contributed by atoms with Gasteiger partial charge in [-0.05, 0) is 32.4 Å². The molecule has 2 rings (SSSR count). The van der Waals surface area contributed by atoms with Crippen molar-refractivity contribution in [3.05, 3.63) is 17.7 Å². The predicted octanol–water partition coefficient (Wildman–Crippen LogP) is 1.95. The lowest BCUT2D eigenvalue weighted by atomic mass is 10.0. The van der Waals surface area contributed by atoms with Crippen LogP contribution in [0.25, 0.3) is 0 Å². The molecule has 0 aromatic heterocycles. The zero-order chi connectivity index (χ0) is 12.5. The van der Waals surface area contributed by atoms with Gasteiger partial charge in [0.2, 0.25) is 0 Å². The number of aryl methyl sites for hydroxylation is 1. The van der Waals surface area contributed by atoms with Gasteiger partial charge in [0.25, 0.3) is 0 Å².